The third kappa shape index (κ3) is 1.46. The van der Waals surface area contributed by atoms with Crippen LogP contribution in [-0.4, -0.2) is 17.0 Å². The Hall–Kier alpha value is -2.17. The molecule has 0 spiro atoms. The molecule has 82 valence electrons. The molecule has 1 aromatic heterocycles. The molecule has 0 bridgehead atoms. The Morgan fingerprint density at radius 3 is 2.88 bits per heavy atom. The number of hydrogen-bond donors (Lipinski definition) is 1. The van der Waals surface area contributed by atoms with Gasteiger partial charge in [-0.3, -0.25) is 15.1 Å². The van der Waals surface area contributed by atoms with Crippen molar-refractivity contribution in [2.45, 2.75) is 6.92 Å². The quantitative estimate of drug-likeness (QED) is 0.619. The van der Waals surface area contributed by atoms with Gasteiger partial charge in [-0.15, -0.1) is 0 Å². The number of nitrogens with zero attached hydrogens (tertiary/aromatic N) is 2. The van der Waals surface area contributed by atoms with Crippen molar-refractivity contribution in [3.05, 3.63) is 40.1 Å². The third-order valence-corrected chi connectivity index (χ3v) is 2.51. The number of aryl methyl sites for hydroxylation is 1. The monoisotopic (exact) mass is 217 g/mol. The summed E-state index contributed by atoms with van der Waals surface area (Å²) in [5, 5.41) is 14.5. The highest BCUT2D eigenvalue weighted by molar-refractivity contribution is 5.95. The standard InChI is InChI=1S/C11H11N3O2/c1-7-6-9-8(4-3-5-13-9)11(14(15)16)10(7)12-2/h3-6,12H,1-2H3. The Labute approximate surface area is 92.3 Å². The second kappa shape index (κ2) is 3.77. The molecule has 1 aromatic carbocycles. The summed E-state index contributed by atoms with van der Waals surface area (Å²) in [6.07, 6.45) is 1.63. The number of aromatic nitrogens is 1. The second-order valence-electron chi connectivity index (χ2n) is 3.49. The largest absolute Gasteiger partial charge is 0.382 e. The number of pyridine rings is 1. The smallest absolute Gasteiger partial charge is 0.301 e. The van der Waals surface area contributed by atoms with Gasteiger partial charge in [0.2, 0.25) is 0 Å². The minimum absolute atomic E-state index is 0.0885. The van der Waals surface area contributed by atoms with E-state index in [1.54, 1.807) is 25.4 Å². The van der Waals surface area contributed by atoms with Crippen LogP contribution in [0.15, 0.2) is 24.4 Å². The molecule has 0 unspecified atom stereocenters. The maximum absolute atomic E-state index is 11.1. The molecule has 0 amide bonds. The summed E-state index contributed by atoms with van der Waals surface area (Å²) < 4.78 is 0. The minimum atomic E-state index is -0.372. The Morgan fingerprint density at radius 2 is 2.25 bits per heavy atom. The van der Waals surface area contributed by atoms with Crippen LogP contribution in [0.5, 0.6) is 0 Å². The lowest BCUT2D eigenvalue weighted by Crippen LogP contribution is -2.00. The van der Waals surface area contributed by atoms with E-state index < -0.39 is 0 Å². The number of rotatable bonds is 2. The maximum Gasteiger partial charge on any atom is 0.301 e. The molecule has 0 saturated heterocycles. The average molecular weight is 217 g/mol. The maximum atomic E-state index is 11.1. The SMILES string of the molecule is CNc1c(C)cc2ncccc2c1[N+](=O)[O-]. The summed E-state index contributed by atoms with van der Waals surface area (Å²) in [5.74, 6) is 0. The Balaban J connectivity index is 2.93. The van der Waals surface area contributed by atoms with Gasteiger partial charge < -0.3 is 5.32 Å². The molecular weight excluding hydrogens is 206 g/mol. The number of benzene rings is 1. The molecule has 0 radical (unpaired) electrons. The molecule has 2 rings (SSSR count). The van der Waals surface area contributed by atoms with Crippen molar-refractivity contribution in [3.8, 4) is 0 Å². The molecular formula is C11H11N3O2. The molecule has 0 aliphatic heterocycles. The van der Waals surface area contributed by atoms with E-state index in [0.717, 1.165) is 5.56 Å². The van der Waals surface area contributed by atoms with E-state index in [2.05, 4.69) is 10.3 Å². The first-order valence-electron chi connectivity index (χ1n) is 4.85. The highest BCUT2D eigenvalue weighted by atomic mass is 16.6. The van der Waals surface area contributed by atoms with Crippen molar-refractivity contribution in [2.24, 2.45) is 0 Å². The molecule has 0 saturated carbocycles. The van der Waals surface area contributed by atoms with Gasteiger partial charge in [-0.1, -0.05) is 0 Å². The molecule has 2 aromatic rings. The van der Waals surface area contributed by atoms with Crippen LogP contribution in [0.2, 0.25) is 0 Å². The summed E-state index contributed by atoms with van der Waals surface area (Å²) >= 11 is 0. The van der Waals surface area contributed by atoms with Gasteiger partial charge in [0, 0.05) is 13.2 Å². The van der Waals surface area contributed by atoms with Gasteiger partial charge in [0.05, 0.1) is 15.8 Å². The van der Waals surface area contributed by atoms with Crippen LogP contribution in [0.25, 0.3) is 10.9 Å². The zero-order valence-electron chi connectivity index (χ0n) is 9.02. The van der Waals surface area contributed by atoms with Crippen molar-refractivity contribution < 1.29 is 4.92 Å². The zero-order chi connectivity index (χ0) is 11.7. The summed E-state index contributed by atoms with van der Waals surface area (Å²) in [4.78, 5) is 14.8. The van der Waals surface area contributed by atoms with Gasteiger partial charge in [0.15, 0.2) is 0 Å². The fourth-order valence-corrected chi connectivity index (χ4v) is 1.84. The van der Waals surface area contributed by atoms with Gasteiger partial charge in [0.25, 0.3) is 0 Å². The zero-order valence-corrected chi connectivity index (χ0v) is 9.02. The number of nitro benzene ring substituents is 1. The van der Waals surface area contributed by atoms with Crippen LogP contribution in [0.3, 0.4) is 0 Å². The Morgan fingerprint density at radius 1 is 1.50 bits per heavy atom. The molecule has 0 fully saturated rings. The molecule has 0 aliphatic rings. The number of hydrogen-bond acceptors (Lipinski definition) is 4. The van der Waals surface area contributed by atoms with Crippen LogP contribution in [-0.2, 0) is 0 Å². The fraction of sp³-hybridized carbons (Fsp3) is 0.182. The highest BCUT2D eigenvalue weighted by Gasteiger charge is 2.20. The van der Waals surface area contributed by atoms with Gasteiger partial charge in [0.1, 0.15) is 5.69 Å². The number of nitrogens with one attached hydrogen (secondary N) is 1. The highest BCUT2D eigenvalue weighted by Crippen LogP contribution is 2.35. The van der Waals surface area contributed by atoms with Crippen LogP contribution in [0.1, 0.15) is 5.56 Å². The molecule has 0 aliphatic carbocycles. The van der Waals surface area contributed by atoms with E-state index in [4.69, 9.17) is 0 Å². The first-order valence-corrected chi connectivity index (χ1v) is 4.85. The molecule has 5 heteroatoms. The van der Waals surface area contributed by atoms with Crippen molar-refractivity contribution in [2.75, 3.05) is 12.4 Å². The summed E-state index contributed by atoms with van der Waals surface area (Å²) in [5.41, 5.74) is 2.10. The Bertz CT molecular complexity index is 566. The van der Waals surface area contributed by atoms with Crippen molar-refractivity contribution >= 4 is 22.3 Å². The predicted octanol–water partition coefficient (Wildman–Crippen LogP) is 2.49. The van der Waals surface area contributed by atoms with E-state index in [-0.39, 0.29) is 10.6 Å². The summed E-state index contributed by atoms with van der Waals surface area (Å²) in [7, 11) is 1.68. The van der Waals surface area contributed by atoms with Crippen LogP contribution < -0.4 is 5.32 Å². The molecule has 1 heterocycles. The normalized spacial score (nSPS) is 10.4. The van der Waals surface area contributed by atoms with Gasteiger partial charge in [-0.25, -0.2) is 0 Å². The average Bonchev–Trinajstić information content (AvgIpc) is 2.26. The third-order valence-electron chi connectivity index (χ3n) is 2.51. The number of anilines is 1. The molecule has 0 atom stereocenters. The van der Waals surface area contributed by atoms with Gasteiger partial charge in [-0.2, -0.15) is 0 Å². The fourth-order valence-electron chi connectivity index (χ4n) is 1.84. The van der Waals surface area contributed by atoms with E-state index in [1.165, 1.54) is 0 Å². The van der Waals surface area contributed by atoms with Gasteiger partial charge in [-0.05, 0) is 30.7 Å². The van der Waals surface area contributed by atoms with E-state index in [9.17, 15) is 10.1 Å². The lowest BCUT2D eigenvalue weighted by Gasteiger charge is -2.08. The number of nitro groups is 1. The second-order valence-corrected chi connectivity index (χ2v) is 3.49. The van der Waals surface area contributed by atoms with Crippen molar-refractivity contribution in [1.29, 1.82) is 0 Å². The van der Waals surface area contributed by atoms with Crippen LogP contribution in [0, 0.1) is 17.0 Å². The molecule has 5 nitrogen and oxygen atoms in total. The van der Waals surface area contributed by atoms with E-state index in [0.29, 0.717) is 16.6 Å². The predicted molar refractivity (Wildman–Crippen MR) is 62.7 cm³/mol. The lowest BCUT2D eigenvalue weighted by atomic mass is 10.1. The van der Waals surface area contributed by atoms with E-state index in [1.807, 2.05) is 13.0 Å². The van der Waals surface area contributed by atoms with Crippen LogP contribution in [0.4, 0.5) is 11.4 Å². The van der Waals surface area contributed by atoms with Crippen LogP contribution >= 0.6 is 0 Å². The minimum Gasteiger partial charge on any atom is -0.382 e. The topological polar surface area (TPSA) is 68.1 Å². The molecule has 1 N–H and O–H groups in total. The first kappa shape index (κ1) is 10.4. The van der Waals surface area contributed by atoms with E-state index >= 15 is 0 Å². The van der Waals surface area contributed by atoms with Crippen molar-refractivity contribution in [3.63, 3.8) is 0 Å². The summed E-state index contributed by atoms with van der Waals surface area (Å²) in [6.45, 7) is 1.83. The first-order chi connectivity index (χ1) is 7.65. The van der Waals surface area contributed by atoms with Gasteiger partial charge >= 0.3 is 5.69 Å². The summed E-state index contributed by atoms with van der Waals surface area (Å²) in [6, 6.07) is 5.25. The molecule has 16 heavy (non-hydrogen) atoms. The Kier molecular flexibility index (Phi) is 2.44. The number of fused-ring (bicyclic) bond motifs is 1. The van der Waals surface area contributed by atoms with Crippen molar-refractivity contribution in [1.82, 2.24) is 4.98 Å². The lowest BCUT2D eigenvalue weighted by molar-refractivity contribution is -0.382.